The molecule has 4 aliphatic rings. The molecule has 0 aromatic carbocycles. The van der Waals surface area contributed by atoms with Crippen molar-refractivity contribution in [2.75, 3.05) is 19.6 Å². The van der Waals surface area contributed by atoms with Gasteiger partial charge in [0.1, 0.15) is 6.04 Å². The van der Waals surface area contributed by atoms with Crippen molar-refractivity contribution in [3.05, 3.63) is 0 Å². The van der Waals surface area contributed by atoms with E-state index in [0.29, 0.717) is 31.8 Å². The number of carbonyl (C=O) groups is 3. The average Bonchev–Trinajstić information content (AvgIpc) is 3.07. The van der Waals surface area contributed by atoms with E-state index in [4.69, 9.17) is 6.42 Å². The molecule has 3 N–H and O–H groups in total. The summed E-state index contributed by atoms with van der Waals surface area (Å²) in [6.07, 6.45) is 12.4. The predicted octanol–water partition coefficient (Wildman–Crippen LogP) is 0.154. The Labute approximate surface area is 166 Å². The Morgan fingerprint density at radius 2 is 2.07 bits per heavy atom. The molecule has 3 amide bonds. The van der Waals surface area contributed by atoms with Gasteiger partial charge in [0.05, 0.1) is 11.6 Å². The van der Waals surface area contributed by atoms with Gasteiger partial charge >= 0.3 is 0 Å². The fourth-order valence-corrected chi connectivity index (χ4v) is 4.93. The lowest BCUT2D eigenvalue weighted by Gasteiger charge is -2.30. The van der Waals surface area contributed by atoms with Crippen LogP contribution in [0.2, 0.25) is 0 Å². The van der Waals surface area contributed by atoms with Crippen LogP contribution in [-0.4, -0.2) is 59.9 Å². The molecule has 0 bridgehead atoms. The number of terminal acetylenes is 1. The third-order valence-electron chi connectivity index (χ3n) is 6.83. The van der Waals surface area contributed by atoms with Crippen LogP contribution in [0.3, 0.4) is 0 Å². The summed E-state index contributed by atoms with van der Waals surface area (Å²) in [5, 5.41) is 9.14. The molecule has 0 aromatic rings. The SMILES string of the molecule is C#C[C@H](C[C@@H]1CCNC1=O)NC(=O)[C@H](CC1CC1)N1CCC2(CCCN2)C1=O. The zero-order valence-electron chi connectivity index (χ0n) is 16.3. The topological polar surface area (TPSA) is 90.5 Å². The van der Waals surface area contributed by atoms with E-state index in [9.17, 15) is 14.4 Å². The van der Waals surface area contributed by atoms with Crippen molar-refractivity contribution in [1.29, 1.82) is 0 Å². The summed E-state index contributed by atoms with van der Waals surface area (Å²) in [5.74, 6) is 2.90. The molecule has 3 heterocycles. The van der Waals surface area contributed by atoms with Crippen LogP contribution in [0.25, 0.3) is 0 Å². The molecule has 0 aromatic heterocycles. The summed E-state index contributed by atoms with van der Waals surface area (Å²) in [6, 6.07) is -0.950. The second-order valence-electron chi connectivity index (χ2n) is 8.80. The first kappa shape index (κ1) is 19.3. The Morgan fingerprint density at radius 1 is 1.25 bits per heavy atom. The van der Waals surface area contributed by atoms with Gasteiger partial charge in [-0.05, 0) is 51.0 Å². The van der Waals surface area contributed by atoms with Crippen LogP contribution < -0.4 is 16.0 Å². The number of rotatable bonds is 7. The van der Waals surface area contributed by atoms with Gasteiger partial charge in [-0.3, -0.25) is 14.4 Å². The highest BCUT2D eigenvalue weighted by Gasteiger charge is 2.51. The largest absolute Gasteiger partial charge is 0.356 e. The van der Waals surface area contributed by atoms with Crippen molar-refractivity contribution < 1.29 is 14.4 Å². The lowest BCUT2D eigenvalue weighted by molar-refractivity contribution is -0.141. The quantitative estimate of drug-likeness (QED) is 0.544. The zero-order chi connectivity index (χ0) is 19.7. The molecule has 7 nitrogen and oxygen atoms in total. The van der Waals surface area contributed by atoms with E-state index in [2.05, 4.69) is 21.9 Å². The molecule has 4 fully saturated rings. The molecule has 3 aliphatic heterocycles. The highest BCUT2D eigenvalue weighted by molar-refractivity contribution is 5.94. The minimum Gasteiger partial charge on any atom is -0.356 e. The maximum Gasteiger partial charge on any atom is 0.243 e. The Balaban J connectivity index is 1.43. The number of nitrogens with zero attached hydrogens (tertiary/aromatic N) is 1. The number of hydrogen-bond acceptors (Lipinski definition) is 4. The molecule has 152 valence electrons. The Bertz CT molecular complexity index is 690. The summed E-state index contributed by atoms with van der Waals surface area (Å²) in [5.41, 5.74) is -0.463. The lowest BCUT2D eigenvalue weighted by Crippen LogP contribution is -2.54. The molecular formula is C21H30N4O3. The van der Waals surface area contributed by atoms with Crippen LogP contribution in [-0.2, 0) is 14.4 Å². The second-order valence-corrected chi connectivity index (χ2v) is 8.80. The van der Waals surface area contributed by atoms with Crippen LogP contribution in [0.4, 0.5) is 0 Å². The smallest absolute Gasteiger partial charge is 0.243 e. The second kappa shape index (κ2) is 7.75. The molecule has 1 aliphatic carbocycles. The van der Waals surface area contributed by atoms with Crippen molar-refractivity contribution in [3.8, 4) is 12.3 Å². The van der Waals surface area contributed by atoms with Gasteiger partial charge in [0.2, 0.25) is 17.7 Å². The van der Waals surface area contributed by atoms with Crippen molar-refractivity contribution in [2.45, 2.75) is 69.0 Å². The van der Waals surface area contributed by atoms with Gasteiger partial charge in [-0.25, -0.2) is 0 Å². The van der Waals surface area contributed by atoms with Gasteiger partial charge in [0.25, 0.3) is 0 Å². The zero-order valence-corrected chi connectivity index (χ0v) is 16.3. The van der Waals surface area contributed by atoms with Crippen molar-refractivity contribution >= 4 is 17.7 Å². The van der Waals surface area contributed by atoms with Gasteiger partial charge in [-0.15, -0.1) is 6.42 Å². The molecule has 1 saturated carbocycles. The lowest BCUT2D eigenvalue weighted by atomic mass is 9.95. The van der Waals surface area contributed by atoms with Crippen molar-refractivity contribution in [1.82, 2.24) is 20.9 Å². The average molecular weight is 386 g/mol. The first-order valence-electron chi connectivity index (χ1n) is 10.6. The van der Waals surface area contributed by atoms with Crippen molar-refractivity contribution in [3.63, 3.8) is 0 Å². The molecule has 1 unspecified atom stereocenters. The molecule has 7 heteroatoms. The van der Waals surface area contributed by atoms with Crippen LogP contribution in [0.5, 0.6) is 0 Å². The third-order valence-corrected chi connectivity index (χ3v) is 6.83. The van der Waals surface area contributed by atoms with E-state index in [1.807, 2.05) is 0 Å². The first-order valence-corrected chi connectivity index (χ1v) is 10.6. The van der Waals surface area contributed by atoms with E-state index in [1.54, 1.807) is 4.90 Å². The summed E-state index contributed by atoms with van der Waals surface area (Å²) in [4.78, 5) is 39.9. The van der Waals surface area contributed by atoms with E-state index in [1.165, 1.54) is 0 Å². The van der Waals surface area contributed by atoms with Gasteiger partial charge < -0.3 is 20.9 Å². The molecule has 0 radical (unpaired) electrons. The molecular weight excluding hydrogens is 356 g/mol. The van der Waals surface area contributed by atoms with E-state index < -0.39 is 17.6 Å². The Hall–Kier alpha value is -2.07. The molecule has 28 heavy (non-hydrogen) atoms. The third kappa shape index (κ3) is 3.75. The summed E-state index contributed by atoms with van der Waals surface area (Å²) in [7, 11) is 0. The Morgan fingerprint density at radius 3 is 2.68 bits per heavy atom. The highest BCUT2D eigenvalue weighted by atomic mass is 16.2. The van der Waals surface area contributed by atoms with Gasteiger partial charge in [0, 0.05) is 19.0 Å². The number of likely N-dealkylation sites (tertiary alicyclic amines) is 1. The summed E-state index contributed by atoms with van der Waals surface area (Å²) < 4.78 is 0. The minimum atomic E-state index is -0.487. The van der Waals surface area contributed by atoms with Gasteiger partial charge in [0.15, 0.2) is 0 Å². The summed E-state index contributed by atoms with van der Waals surface area (Å²) in [6.45, 7) is 2.14. The van der Waals surface area contributed by atoms with E-state index in [-0.39, 0.29) is 23.6 Å². The molecule has 1 spiro atoms. The van der Waals surface area contributed by atoms with E-state index in [0.717, 1.165) is 45.1 Å². The standard InChI is InChI=1S/C21H30N4O3/c1-2-16(13-15-6-10-22-18(15)26)24-19(27)17(12-14-4-5-14)25-11-8-21(20(25)28)7-3-9-23-21/h1,14-17,23H,3-13H2,(H,22,26)(H,24,27)/t15-,16+,17-,21?/m0/s1. The number of amides is 3. The van der Waals surface area contributed by atoms with E-state index >= 15 is 0 Å². The maximum atomic E-state index is 13.1. The van der Waals surface area contributed by atoms with Crippen LogP contribution >= 0.6 is 0 Å². The fourth-order valence-electron chi connectivity index (χ4n) is 4.93. The maximum absolute atomic E-state index is 13.1. The monoisotopic (exact) mass is 386 g/mol. The summed E-state index contributed by atoms with van der Waals surface area (Å²) >= 11 is 0. The van der Waals surface area contributed by atoms with Gasteiger partial charge in [-0.1, -0.05) is 18.8 Å². The predicted molar refractivity (Wildman–Crippen MR) is 104 cm³/mol. The van der Waals surface area contributed by atoms with Gasteiger partial charge in [-0.2, -0.15) is 0 Å². The first-order chi connectivity index (χ1) is 13.5. The molecule has 4 atom stereocenters. The number of carbonyl (C=O) groups excluding carboxylic acids is 3. The fraction of sp³-hybridized carbons (Fsp3) is 0.762. The number of nitrogens with one attached hydrogen (secondary N) is 3. The number of hydrogen-bond donors (Lipinski definition) is 3. The van der Waals surface area contributed by atoms with Crippen LogP contribution in [0.1, 0.15) is 51.4 Å². The van der Waals surface area contributed by atoms with Crippen LogP contribution in [0.15, 0.2) is 0 Å². The molecule has 3 saturated heterocycles. The normalized spacial score (nSPS) is 31.7. The van der Waals surface area contributed by atoms with Crippen molar-refractivity contribution in [2.24, 2.45) is 11.8 Å². The Kier molecular flexibility index (Phi) is 5.33. The molecule has 4 rings (SSSR count). The minimum absolute atomic E-state index is 0.00741. The highest BCUT2D eigenvalue weighted by Crippen LogP contribution is 2.38. The van der Waals surface area contributed by atoms with Crippen LogP contribution in [0, 0.1) is 24.2 Å².